The molecule has 3 amide bonds. The zero-order chi connectivity index (χ0) is 28.9. The Morgan fingerprint density at radius 2 is 1.77 bits per heavy atom. The van der Waals surface area contributed by atoms with E-state index in [1.165, 1.54) is 11.3 Å². The minimum absolute atomic E-state index is 0.0198. The summed E-state index contributed by atoms with van der Waals surface area (Å²) in [5.74, 6) is -1.39. The number of carbonyl (C=O) groups excluding carboxylic acids is 4. The van der Waals surface area contributed by atoms with Gasteiger partial charge in [-0.1, -0.05) is 13.8 Å². The van der Waals surface area contributed by atoms with Gasteiger partial charge in [-0.25, -0.2) is 4.98 Å². The highest BCUT2D eigenvalue weighted by molar-refractivity contribution is 7.20. The molecule has 2 atom stereocenters. The average Bonchev–Trinajstić information content (AvgIpc) is 3.49. The molecule has 2 aromatic rings. The molecule has 1 aliphatic heterocycles. The molecule has 12 nitrogen and oxygen atoms in total. The first-order valence-corrected chi connectivity index (χ1v) is 14.0. The Balaban J connectivity index is 1.74. The van der Waals surface area contributed by atoms with Gasteiger partial charge in [-0.3, -0.25) is 19.2 Å². The molecule has 0 saturated carbocycles. The average molecular weight is 562 g/mol. The number of fused-ring (bicyclic) bond motifs is 1. The normalized spacial score (nSPS) is 15.3. The molecular weight excluding hydrogens is 522 g/mol. The van der Waals surface area contributed by atoms with Crippen LogP contribution >= 0.6 is 11.3 Å². The topological polar surface area (TPSA) is 183 Å². The lowest BCUT2D eigenvalue weighted by molar-refractivity contribution is -0.155. The van der Waals surface area contributed by atoms with E-state index in [4.69, 9.17) is 16.2 Å². The van der Waals surface area contributed by atoms with Crippen LogP contribution in [0.2, 0.25) is 0 Å². The third-order valence-electron chi connectivity index (χ3n) is 6.07. The predicted octanol–water partition coefficient (Wildman–Crippen LogP) is 2.11. The van der Waals surface area contributed by atoms with Crippen molar-refractivity contribution in [3.8, 4) is 0 Å². The van der Waals surface area contributed by atoms with Gasteiger partial charge >= 0.3 is 5.97 Å². The first-order valence-electron chi connectivity index (χ1n) is 13.2. The van der Waals surface area contributed by atoms with Gasteiger partial charge in [0, 0.05) is 19.5 Å². The first kappa shape index (κ1) is 30.1. The van der Waals surface area contributed by atoms with Gasteiger partial charge in [0.1, 0.15) is 28.3 Å². The molecule has 3 heterocycles. The number of ether oxygens (including phenoxy) is 1. The molecule has 0 aliphatic carbocycles. The van der Waals surface area contributed by atoms with E-state index in [1.54, 1.807) is 26.8 Å². The van der Waals surface area contributed by atoms with Gasteiger partial charge in [-0.05, 0) is 58.4 Å². The zero-order valence-corrected chi connectivity index (χ0v) is 24.0. The number of rotatable bonds is 11. The summed E-state index contributed by atoms with van der Waals surface area (Å²) in [7, 11) is 0. The fourth-order valence-electron chi connectivity index (χ4n) is 4.35. The number of thiophene rings is 1. The lowest BCUT2D eigenvalue weighted by Gasteiger charge is -2.23. The van der Waals surface area contributed by atoms with E-state index in [2.05, 4.69) is 25.5 Å². The van der Waals surface area contributed by atoms with Crippen molar-refractivity contribution in [1.82, 2.24) is 20.6 Å². The van der Waals surface area contributed by atoms with Crippen LogP contribution in [-0.4, -0.2) is 64.4 Å². The minimum Gasteiger partial charge on any atom is -0.460 e. The Labute approximate surface area is 232 Å². The molecule has 6 N–H and O–H groups in total. The van der Waals surface area contributed by atoms with Crippen LogP contribution in [0.1, 0.15) is 76.4 Å². The van der Waals surface area contributed by atoms with E-state index in [0.717, 1.165) is 31.3 Å². The van der Waals surface area contributed by atoms with E-state index < -0.39 is 41.4 Å². The number of nitrogens with zero attached hydrogens (tertiary/aromatic N) is 3. The molecule has 3 rings (SSSR count). The van der Waals surface area contributed by atoms with Crippen LogP contribution in [0.5, 0.6) is 0 Å². The second-order valence-electron chi connectivity index (χ2n) is 11.2. The molecule has 1 aliphatic rings. The molecule has 214 valence electrons. The molecule has 2 unspecified atom stereocenters. The molecule has 13 heteroatoms. The smallest absolute Gasteiger partial charge is 0.306 e. The molecule has 0 spiro atoms. The fourth-order valence-corrected chi connectivity index (χ4v) is 5.29. The lowest BCUT2D eigenvalue weighted by atomic mass is 10.0. The Kier molecular flexibility index (Phi) is 9.70. The van der Waals surface area contributed by atoms with Crippen LogP contribution in [-0.2, 0) is 19.1 Å². The monoisotopic (exact) mass is 561 g/mol. The van der Waals surface area contributed by atoms with Crippen molar-refractivity contribution in [2.75, 3.05) is 23.7 Å². The summed E-state index contributed by atoms with van der Waals surface area (Å²) in [6.45, 7) is 10.8. The largest absolute Gasteiger partial charge is 0.460 e. The van der Waals surface area contributed by atoms with Crippen LogP contribution in [0.4, 0.5) is 11.8 Å². The van der Waals surface area contributed by atoms with E-state index >= 15 is 0 Å². The van der Waals surface area contributed by atoms with E-state index in [0.29, 0.717) is 21.9 Å². The second kappa shape index (κ2) is 12.6. The van der Waals surface area contributed by atoms with Crippen LogP contribution in [0.15, 0.2) is 6.07 Å². The van der Waals surface area contributed by atoms with Crippen molar-refractivity contribution in [3.05, 3.63) is 10.9 Å². The zero-order valence-electron chi connectivity index (χ0n) is 23.2. The maximum Gasteiger partial charge on any atom is 0.306 e. The highest BCUT2D eigenvalue weighted by atomic mass is 32.1. The standard InChI is InChI=1S/C26H39N7O5S/c1-14(2)12-17(22(36)29-16(20(27)35)8-9-19(34)38-26(3,4)5)30-23(37)18-13-15-21(33-10-6-7-11-33)31-25(28)32-24(15)39-18/h13-14,16-17H,6-12H2,1-5H3,(H2,27,35)(H,29,36)(H,30,37)(H2,28,31,32). The van der Waals surface area contributed by atoms with Gasteiger partial charge in [0.15, 0.2) is 0 Å². The summed E-state index contributed by atoms with van der Waals surface area (Å²) >= 11 is 1.17. The molecule has 0 aromatic carbocycles. The summed E-state index contributed by atoms with van der Waals surface area (Å²) in [6.07, 6.45) is 2.31. The van der Waals surface area contributed by atoms with E-state index in [9.17, 15) is 19.2 Å². The summed E-state index contributed by atoms with van der Waals surface area (Å²) in [5, 5.41) is 6.13. The van der Waals surface area contributed by atoms with Gasteiger partial charge in [0.25, 0.3) is 5.91 Å². The molecule has 0 bridgehead atoms. The second-order valence-corrected chi connectivity index (χ2v) is 12.2. The Bertz CT molecular complexity index is 1220. The third kappa shape index (κ3) is 8.50. The van der Waals surface area contributed by atoms with Crippen molar-refractivity contribution < 1.29 is 23.9 Å². The van der Waals surface area contributed by atoms with Crippen LogP contribution in [0.25, 0.3) is 10.2 Å². The number of aromatic nitrogens is 2. The van der Waals surface area contributed by atoms with Crippen LogP contribution in [0.3, 0.4) is 0 Å². The summed E-state index contributed by atoms with van der Waals surface area (Å²) < 4.78 is 5.27. The summed E-state index contributed by atoms with van der Waals surface area (Å²) in [5.41, 5.74) is 10.8. The predicted molar refractivity (Wildman–Crippen MR) is 150 cm³/mol. The highest BCUT2D eigenvalue weighted by Gasteiger charge is 2.29. The maximum absolute atomic E-state index is 13.3. The van der Waals surface area contributed by atoms with Crippen molar-refractivity contribution in [3.63, 3.8) is 0 Å². The maximum atomic E-state index is 13.3. The van der Waals surface area contributed by atoms with Crippen LogP contribution in [0, 0.1) is 5.92 Å². The first-order chi connectivity index (χ1) is 18.2. The number of primary amides is 1. The number of anilines is 2. The molecule has 1 fully saturated rings. The SMILES string of the molecule is CC(C)CC(NC(=O)c1cc2c(N3CCCC3)nc(N)nc2s1)C(=O)NC(CCC(=O)OC(C)(C)C)C(N)=O. The molecule has 2 aromatic heterocycles. The van der Waals surface area contributed by atoms with Gasteiger partial charge in [0.05, 0.1) is 10.3 Å². The number of hydrogen-bond donors (Lipinski definition) is 4. The van der Waals surface area contributed by atoms with E-state index in [1.807, 2.05) is 13.8 Å². The molecule has 0 radical (unpaired) electrons. The lowest BCUT2D eigenvalue weighted by Crippen LogP contribution is -2.53. The molecule has 39 heavy (non-hydrogen) atoms. The quantitative estimate of drug-likeness (QED) is 0.298. The summed E-state index contributed by atoms with van der Waals surface area (Å²) in [4.78, 5) is 62.4. The van der Waals surface area contributed by atoms with Gasteiger partial charge in [-0.2, -0.15) is 4.98 Å². The molecule has 1 saturated heterocycles. The fraction of sp³-hybridized carbons (Fsp3) is 0.615. The minimum atomic E-state index is -1.10. The molecular formula is C26H39N7O5S. The number of carbonyl (C=O) groups is 4. The van der Waals surface area contributed by atoms with Crippen molar-refractivity contribution in [1.29, 1.82) is 0 Å². The number of amides is 3. The Morgan fingerprint density at radius 1 is 1.10 bits per heavy atom. The van der Waals surface area contributed by atoms with E-state index in [-0.39, 0.29) is 24.7 Å². The highest BCUT2D eigenvalue weighted by Crippen LogP contribution is 2.33. The van der Waals surface area contributed by atoms with Gasteiger partial charge in [0.2, 0.25) is 17.8 Å². The van der Waals surface area contributed by atoms with Gasteiger partial charge < -0.3 is 31.7 Å². The Hall–Kier alpha value is -3.48. The number of nitrogens with one attached hydrogen (secondary N) is 2. The number of esters is 1. The number of hydrogen-bond acceptors (Lipinski definition) is 10. The van der Waals surface area contributed by atoms with Crippen LogP contribution < -0.4 is 27.0 Å². The third-order valence-corrected chi connectivity index (χ3v) is 7.09. The summed E-state index contributed by atoms with van der Waals surface area (Å²) in [6, 6.07) is -0.303. The van der Waals surface area contributed by atoms with Crippen molar-refractivity contribution in [2.24, 2.45) is 11.7 Å². The Morgan fingerprint density at radius 3 is 2.36 bits per heavy atom. The van der Waals surface area contributed by atoms with Crippen molar-refractivity contribution in [2.45, 2.75) is 84.4 Å². The number of nitrogen functional groups attached to an aromatic ring is 1. The van der Waals surface area contributed by atoms with Crippen molar-refractivity contribution >= 4 is 57.0 Å². The van der Waals surface area contributed by atoms with Gasteiger partial charge in [-0.15, -0.1) is 11.3 Å². The number of nitrogens with two attached hydrogens (primary N) is 2.